The SMILES string of the molecule is CCc1nc2ccccc2n1CC(=O)NNC(=O)COc1cccc(C)c1. The summed E-state index contributed by atoms with van der Waals surface area (Å²) in [6.45, 7) is 3.82. The summed E-state index contributed by atoms with van der Waals surface area (Å²) in [6, 6.07) is 15.0. The molecular weight excluding hydrogens is 344 g/mol. The molecule has 0 radical (unpaired) electrons. The Morgan fingerprint density at radius 1 is 1.07 bits per heavy atom. The van der Waals surface area contributed by atoms with Crippen LogP contribution in [0.4, 0.5) is 0 Å². The summed E-state index contributed by atoms with van der Waals surface area (Å²) < 4.78 is 7.25. The highest BCUT2D eigenvalue weighted by Crippen LogP contribution is 2.16. The lowest BCUT2D eigenvalue weighted by Gasteiger charge is -2.11. The highest BCUT2D eigenvalue weighted by atomic mass is 16.5. The van der Waals surface area contributed by atoms with Crippen molar-refractivity contribution in [3.05, 3.63) is 59.9 Å². The van der Waals surface area contributed by atoms with Gasteiger partial charge in [-0.25, -0.2) is 4.98 Å². The molecule has 2 N–H and O–H groups in total. The number of hydrogen-bond acceptors (Lipinski definition) is 4. The number of hydrazine groups is 1. The second-order valence-corrected chi connectivity index (χ2v) is 6.16. The number of amides is 2. The molecule has 2 amide bonds. The second kappa shape index (κ2) is 8.35. The molecular formula is C20H22N4O3. The minimum atomic E-state index is -0.434. The number of ether oxygens (including phenoxy) is 1. The smallest absolute Gasteiger partial charge is 0.276 e. The highest BCUT2D eigenvalue weighted by Gasteiger charge is 2.13. The minimum Gasteiger partial charge on any atom is -0.484 e. The highest BCUT2D eigenvalue weighted by molar-refractivity contribution is 5.84. The Hall–Kier alpha value is -3.35. The first-order chi connectivity index (χ1) is 13.1. The van der Waals surface area contributed by atoms with Gasteiger partial charge in [0.2, 0.25) is 0 Å². The van der Waals surface area contributed by atoms with Gasteiger partial charge in [-0.3, -0.25) is 20.4 Å². The van der Waals surface area contributed by atoms with Gasteiger partial charge in [0.1, 0.15) is 18.1 Å². The fourth-order valence-corrected chi connectivity index (χ4v) is 2.78. The van der Waals surface area contributed by atoms with Crippen molar-refractivity contribution in [3.63, 3.8) is 0 Å². The van der Waals surface area contributed by atoms with E-state index in [1.54, 1.807) is 6.07 Å². The van der Waals surface area contributed by atoms with Gasteiger partial charge in [0.15, 0.2) is 6.61 Å². The summed E-state index contributed by atoms with van der Waals surface area (Å²) in [5.74, 6) is 0.655. The first-order valence-electron chi connectivity index (χ1n) is 8.78. The van der Waals surface area contributed by atoms with E-state index in [0.717, 1.165) is 22.4 Å². The molecule has 3 rings (SSSR count). The van der Waals surface area contributed by atoms with Gasteiger partial charge in [0.25, 0.3) is 11.8 Å². The Balaban J connectivity index is 1.53. The van der Waals surface area contributed by atoms with E-state index in [-0.39, 0.29) is 19.1 Å². The van der Waals surface area contributed by atoms with E-state index in [4.69, 9.17) is 4.74 Å². The van der Waals surface area contributed by atoms with Gasteiger partial charge in [-0.2, -0.15) is 0 Å². The van der Waals surface area contributed by atoms with Gasteiger partial charge in [-0.1, -0.05) is 31.2 Å². The number of carbonyl (C=O) groups is 2. The van der Waals surface area contributed by atoms with Crippen LogP contribution in [0.15, 0.2) is 48.5 Å². The number of benzene rings is 2. The molecule has 0 spiro atoms. The molecule has 3 aromatic rings. The summed E-state index contributed by atoms with van der Waals surface area (Å²) in [7, 11) is 0. The molecule has 27 heavy (non-hydrogen) atoms. The van der Waals surface area contributed by atoms with E-state index in [2.05, 4.69) is 15.8 Å². The summed E-state index contributed by atoms with van der Waals surface area (Å²) in [4.78, 5) is 28.6. The Morgan fingerprint density at radius 2 is 1.85 bits per heavy atom. The topological polar surface area (TPSA) is 85.3 Å². The molecule has 140 valence electrons. The van der Waals surface area contributed by atoms with Crippen molar-refractivity contribution in [2.45, 2.75) is 26.8 Å². The monoisotopic (exact) mass is 366 g/mol. The second-order valence-electron chi connectivity index (χ2n) is 6.16. The molecule has 0 saturated heterocycles. The summed E-state index contributed by atoms with van der Waals surface area (Å²) in [6.07, 6.45) is 0.707. The number of fused-ring (bicyclic) bond motifs is 1. The zero-order valence-corrected chi connectivity index (χ0v) is 15.4. The fraction of sp³-hybridized carbons (Fsp3) is 0.250. The van der Waals surface area contributed by atoms with E-state index in [0.29, 0.717) is 12.2 Å². The first-order valence-corrected chi connectivity index (χ1v) is 8.78. The maximum absolute atomic E-state index is 12.2. The van der Waals surface area contributed by atoms with Crippen LogP contribution in [0, 0.1) is 6.92 Å². The molecule has 7 nitrogen and oxygen atoms in total. The molecule has 0 aliphatic rings. The molecule has 0 saturated carbocycles. The van der Waals surface area contributed by atoms with Crippen LogP contribution in [0.2, 0.25) is 0 Å². The normalized spacial score (nSPS) is 10.6. The molecule has 1 heterocycles. The van der Waals surface area contributed by atoms with Crippen LogP contribution in [-0.4, -0.2) is 28.0 Å². The summed E-state index contributed by atoms with van der Waals surface area (Å²) >= 11 is 0. The molecule has 0 fully saturated rings. The number of hydrogen-bond donors (Lipinski definition) is 2. The van der Waals surface area contributed by atoms with E-state index in [9.17, 15) is 9.59 Å². The number of imidazole rings is 1. The molecule has 0 unspecified atom stereocenters. The average molecular weight is 366 g/mol. The van der Waals surface area contributed by atoms with Crippen molar-refractivity contribution >= 4 is 22.8 Å². The third-order valence-electron chi connectivity index (χ3n) is 4.05. The number of rotatable bonds is 6. The third kappa shape index (κ3) is 4.63. The third-order valence-corrected chi connectivity index (χ3v) is 4.05. The van der Waals surface area contributed by atoms with Crippen LogP contribution < -0.4 is 15.6 Å². The van der Waals surface area contributed by atoms with Gasteiger partial charge in [-0.05, 0) is 36.8 Å². The van der Waals surface area contributed by atoms with Crippen LogP contribution in [0.25, 0.3) is 11.0 Å². The number of aromatic nitrogens is 2. The number of para-hydroxylation sites is 2. The lowest BCUT2D eigenvalue weighted by molar-refractivity contribution is -0.130. The van der Waals surface area contributed by atoms with E-state index < -0.39 is 5.91 Å². The molecule has 0 aliphatic heterocycles. The quantitative estimate of drug-likeness (QED) is 0.655. The lowest BCUT2D eigenvalue weighted by Crippen LogP contribution is -2.45. The van der Waals surface area contributed by atoms with E-state index in [1.165, 1.54) is 0 Å². The number of nitrogens with zero attached hydrogens (tertiary/aromatic N) is 2. The Bertz CT molecular complexity index is 965. The van der Waals surface area contributed by atoms with E-state index in [1.807, 2.05) is 60.9 Å². The molecule has 0 aliphatic carbocycles. The zero-order valence-electron chi connectivity index (χ0n) is 15.4. The molecule has 0 atom stereocenters. The zero-order chi connectivity index (χ0) is 19.2. The largest absolute Gasteiger partial charge is 0.484 e. The fourth-order valence-electron chi connectivity index (χ4n) is 2.78. The molecule has 2 aromatic carbocycles. The standard InChI is InChI=1S/C20H22N4O3/c1-3-18-21-16-9-4-5-10-17(16)24(18)12-19(25)22-23-20(26)13-27-15-8-6-7-14(2)11-15/h4-11H,3,12-13H2,1-2H3,(H,22,25)(H,23,26). The van der Waals surface area contributed by atoms with Crippen LogP contribution in [0.5, 0.6) is 5.75 Å². The van der Waals surface area contributed by atoms with Gasteiger partial charge in [0.05, 0.1) is 11.0 Å². The van der Waals surface area contributed by atoms with Crippen LogP contribution in [0.1, 0.15) is 18.3 Å². The van der Waals surface area contributed by atoms with Crippen molar-refractivity contribution in [1.29, 1.82) is 0 Å². The van der Waals surface area contributed by atoms with Gasteiger partial charge in [-0.15, -0.1) is 0 Å². The number of aryl methyl sites for hydroxylation is 2. The summed E-state index contributed by atoms with van der Waals surface area (Å²) in [5.41, 5.74) is 7.56. The lowest BCUT2D eigenvalue weighted by atomic mass is 10.2. The molecule has 0 bridgehead atoms. The maximum Gasteiger partial charge on any atom is 0.276 e. The average Bonchev–Trinajstić information content (AvgIpc) is 3.02. The van der Waals surface area contributed by atoms with Crippen molar-refractivity contribution in [3.8, 4) is 5.75 Å². The Morgan fingerprint density at radius 3 is 2.63 bits per heavy atom. The minimum absolute atomic E-state index is 0.0721. The van der Waals surface area contributed by atoms with Gasteiger partial charge in [0, 0.05) is 6.42 Å². The number of nitrogens with one attached hydrogen (secondary N) is 2. The van der Waals surface area contributed by atoms with Crippen LogP contribution in [-0.2, 0) is 22.6 Å². The molecule has 1 aromatic heterocycles. The Kier molecular flexibility index (Phi) is 5.71. The predicted molar refractivity (Wildman–Crippen MR) is 102 cm³/mol. The predicted octanol–water partition coefficient (Wildman–Crippen LogP) is 2.13. The van der Waals surface area contributed by atoms with Gasteiger partial charge < -0.3 is 9.30 Å². The van der Waals surface area contributed by atoms with Crippen molar-refractivity contribution in [1.82, 2.24) is 20.4 Å². The Labute approximate surface area is 157 Å². The van der Waals surface area contributed by atoms with Gasteiger partial charge >= 0.3 is 0 Å². The maximum atomic E-state index is 12.2. The van der Waals surface area contributed by atoms with Crippen molar-refractivity contribution < 1.29 is 14.3 Å². The molecule has 7 heteroatoms. The van der Waals surface area contributed by atoms with Crippen LogP contribution in [0.3, 0.4) is 0 Å². The summed E-state index contributed by atoms with van der Waals surface area (Å²) in [5, 5.41) is 0. The number of carbonyl (C=O) groups excluding carboxylic acids is 2. The van der Waals surface area contributed by atoms with Crippen LogP contribution >= 0.6 is 0 Å². The van der Waals surface area contributed by atoms with Crippen molar-refractivity contribution in [2.75, 3.05) is 6.61 Å². The first kappa shape index (κ1) is 18.4. The van der Waals surface area contributed by atoms with Crippen molar-refractivity contribution in [2.24, 2.45) is 0 Å². The van der Waals surface area contributed by atoms with E-state index >= 15 is 0 Å².